The standard InChI is InChI=1S/C18H19NO2/c1-13(20)19-12-18(2,16-6-4-5-7-17(16)19)14-8-10-15(21-3)11-9-14/h4-11H,12H2,1-3H3/t18-/m1/s1. The molecule has 0 saturated heterocycles. The molecule has 0 aromatic heterocycles. The van der Waals surface area contributed by atoms with Gasteiger partial charge in [0, 0.05) is 24.6 Å². The fourth-order valence-electron chi connectivity index (χ4n) is 3.15. The number of methoxy groups -OCH3 is 1. The van der Waals surface area contributed by atoms with E-state index >= 15 is 0 Å². The van der Waals surface area contributed by atoms with E-state index in [1.807, 2.05) is 35.2 Å². The Bertz CT molecular complexity index is 678. The molecule has 0 radical (unpaired) electrons. The molecule has 108 valence electrons. The molecule has 0 unspecified atom stereocenters. The van der Waals surface area contributed by atoms with Crippen molar-refractivity contribution in [3.05, 3.63) is 59.7 Å². The lowest BCUT2D eigenvalue weighted by Gasteiger charge is -2.26. The summed E-state index contributed by atoms with van der Waals surface area (Å²) in [5, 5.41) is 0. The molecule has 1 atom stereocenters. The number of fused-ring (bicyclic) bond motifs is 1. The summed E-state index contributed by atoms with van der Waals surface area (Å²) in [6.45, 7) is 4.49. The fraction of sp³-hybridized carbons (Fsp3) is 0.278. The zero-order valence-electron chi connectivity index (χ0n) is 12.6. The third-order valence-corrected chi connectivity index (χ3v) is 4.37. The second kappa shape index (κ2) is 4.92. The van der Waals surface area contributed by atoms with Crippen LogP contribution in [0.3, 0.4) is 0 Å². The predicted octanol–water partition coefficient (Wildman–Crippen LogP) is 3.37. The highest BCUT2D eigenvalue weighted by Gasteiger charge is 2.41. The first-order valence-electron chi connectivity index (χ1n) is 7.08. The van der Waals surface area contributed by atoms with Crippen LogP contribution in [0.4, 0.5) is 5.69 Å². The van der Waals surface area contributed by atoms with Gasteiger partial charge in [0.2, 0.25) is 5.91 Å². The lowest BCUT2D eigenvalue weighted by molar-refractivity contribution is -0.116. The molecular formula is C18H19NO2. The molecule has 1 aliphatic heterocycles. The van der Waals surface area contributed by atoms with Gasteiger partial charge in [-0.2, -0.15) is 0 Å². The Kier molecular flexibility index (Phi) is 3.20. The minimum atomic E-state index is -0.186. The maximum absolute atomic E-state index is 11.9. The highest BCUT2D eigenvalue weighted by Crippen LogP contribution is 2.45. The Morgan fingerprint density at radius 3 is 2.43 bits per heavy atom. The Morgan fingerprint density at radius 1 is 1.14 bits per heavy atom. The van der Waals surface area contributed by atoms with Crippen molar-refractivity contribution in [3.63, 3.8) is 0 Å². The molecule has 21 heavy (non-hydrogen) atoms. The van der Waals surface area contributed by atoms with E-state index in [0.29, 0.717) is 6.54 Å². The number of rotatable bonds is 2. The molecule has 3 rings (SSSR count). The minimum absolute atomic E-state index is 0.0830. The quantitative estimate of drug-likeness (QED) is 0.844. The molecule has 0 bridgehead atoms. The number of carbonyl (C=O) groups excluding carboxylic acids is 1. The van der Waals surface area contributed by atoms with Gasteiger partial charge >= 0.3 is 0 Å². The van der Waals surface area contributed by atoms with Gasteiger partial charge in [-0.3, -0.25) is 4.79 Å². The third-order valence-electron chi connectivity index (χ3n) is 4.37. The molecule has 1 aliphatic rings. The minimum Gasteiger partial charge on any atom is -0.497 e. The molecule has 0 aliphatic carbocycles. The highest BCUT2D eigenvalue weighted by atomic mass is 16.5. The van der Waals surface area contributed by atoms with Crippen molar-refractivity contribution in [2.45, 2.75) is 19.3 Å². The number of hydrogen-bond donors (Lipinski definition) is 0. The van der Waals surface area contributed by atoms with Crippen molar-refractivity contribution in [3.8, 4) is 5.75 Å². The van der Waals surface area contributed by atoms with Crippen LogP contribution >= 0.6 is 0 Å². The van der Waals surface area contributed by atoms with E-state index in [9.17, 15) is 4.79 Å². The van der Waals surface area contributed by atoms with Gasteiger partial charge in [0.05, 0.1) is 7.11 Å². The summed E-state index contributed by atoms with van der Waals surface area (Å²) in [6.07, 6.45) is 0. The van der Waals surface area contributed by atoms with Crippen molar-refractivity contribution >= 4 is 11.6 Å². The van der Waals surface area contributed by atoms with Crippen LogP contribution in [0.2, 0.25) is 0 Å². The normalized spacial score (nSPS) is 20.2. The molecule has 3 heteroatoms. The van der Waals surface area contributed by atoms with Gasteiger partial charge in [0.1, 0.15) is 5.75 Å². The summed E-state index contributed by atoms with van der Waals surface area (Å²) >= 11 is 0. The van der Waals surface area contributed by atoms with Gasteiger partial charge in [-0.25, -0.2) is 0 Å². The first-order chi connectivity index (χ1) is 10.1. The number of carbonyl (C=O) groups is 1. The molecule has 2 aromatic rings. The van der Waals surface area contributed by atoms with E-state index in [-0.39, 0.29) is 11.3 Å². The predicted molar refractivity (Wildman–Crippen MR) is 83.9 cm³/mol. The van der Waals surface area contributed by atoms with Crippen LogP contribution in [0.25, 0.3) is 0 Å². The molecule has 0 spiro atoms. The van der Waals surface area contributed by atoms with E-state index in [1.165, 1.54) is 11.1 Å². The average Bonchev–Trinajstić information content (AvgIpc) is 2.83. The summed E-state index contributed by atoms with van der Waals surface area (Å²) < 4.78 is 5.23. The van der Waals surface area contributed by atoms with E-state index in [2.05, 4.69) is 25.1 Å². The SMILES string of the molecule is COc1ccc([C@@]2(C)CN(C(C)=O)c3ccccc32)cc1. The van der Waals surface area contributed by atoms with Gasteiger partial charge in [0.15, 0.2) is 0 Å². The third kappa shape index (κ3) is 2.09. The number of amides is 1. The Hall–Kier alpha value is -2.29. The average molecular weight is 281 g/mol. The van der Waals surface area contributed by atoms with E-state index in [1.54, 1.807) is 14.0 Å². The Labute approximate surface area is 125 Å². The number of benzene rings is 2. The summed E-state index contributed by atoms with van der Waals surface area (Å²) in [6, 6.07) is 16.3. The lowest BCUT2D eigenvalue weighted by Crippen LogP contribution is -2.34. The van der Waals surface area contributed by atoms with Gasteiger partial charge < -0.3 is 9.64 Å². The first kappa shape index (κ1) is 13.7. The van der Waals surface area contributed by atoms with Crippen molar-refractivity contribution in [1.82, 2.24) is 0 Å². The van der Waals surface area contributed by atoms with Gasteiger partial charge in [0.25, 0.3) is 0 Å². The maximum atomic E-state index is 11.9. The van der Waals surface area contributed by atoms with Gasteiger partial charge in [-0.1, -0.05) is 30.3 Å². The maximum Gasteiger partial charge on any atom is 0.223 e. The highest BCUT2D eigenvalue weighted by molar-refractivity contribution is 5.95. The van der Waals surface area contributed by atoms with E-state index in [4.69, 9.17) is 4.74 Å². The summed E-state index contributed by atoms with van der Waals surface area (Å²) in [7, 11) is 1.67. The number of nitrogens with zero attached hydrogens (tertiary/aromatic N) is 1. The van der Waals surface area contributed by atoms with Gasteiger partial charge in [-0.15, -0.1) is 0 Å². The van der Waals surface area contributed by atoms with Crippen LogP contribution in [-0.4, -0.2) is 19.6 Å². The summed E-state index contributed by atoms with van der Waals surface area (Å²) in [5.74, 6) is 0.928. The second-order valence-electron chi connectivity index (χ2n) is 5.68. The van der Waals surface area contributed by atoms with E-state index < -0.39 is 0 Å². The van der Waals surface area contributed by atoms with Crippen molar-refractivity contribution < 1.29 is 9.53 Å². The topological polar surface area (TPSA) is 29.5 Å². The molecule has 0 fully saturated rings. The van der Waals surface area contributed by atoms with E-state index in [0.717, 1.165) is 11.4 Å². The molecule has 0 saturated carbocycles. The zero-order valence-corrected chi connectivity index (χ0v) is 12.6. The Balaban J connectivity index is 2.10. The largest absolute Gasteiger partial charge is 0.497 e. The van der Waals surface area contributed by atoms with Crippen LogP contribution in [0.1, 0.15) is 25.0 Å². The van der Waals surface area contributed by atoms with Crippen LogP contribution in [0.15, 0.2) is 48.5 Å². The number of anilines is 1. The number of hydrogen-bond acceptors (Lipinski definition) is 2. The molecule has 3 nitrogen and oxygen atoms in total. The van der Waals surface area contributed by atoms with Crippen molar-refractivity contribution in [2.24, 2.45) is 0 Å². The van der Waals surface area contributed by atoms with Crippen molar-refractivity contribution in [2.75, 3.05) is 18.6 Å². The van der Waals surface area contributed by atoms with Gasteiger partial charge in [-0.05, 0) is 36.2 Å². The first-order valence-corrected chi connectivity index (χ1v) is 7.08. The number of ether oxygens (including phenoxy) is 1. The second-order valence-corrected chi connectivity index (χ2v) is 5.68. The van der Waals surface area contributed by atoms with Crippen molar-refractivity contribution in [1.29, 1.82) is 0 Å². The van der Waals surface area contributed by atoms with Crippen LogP contribution in [-0.2, 0) is 10.2 Å². The van der Waals surface area contributed by atoms with Crippen LogP contribution in [0, 0.1) is 0 Å². The fourth-order valence-corrected chi connectivity index (χ4v) is 3.15. The number of para-hydroxylation sites is 1. The molecular weight excluding hydrogens is 262 g/mol. The Morgan fingerprint density at radius 2 is 1.81 bits per heavy atom. The monoisotopic (exact) mass is 281 g/mol. The summed E-state index contributed by atoms with van der Waals surface area (Å²) in [4.78, 5) is 13.8. The molecule has 0 N–H and O–H groups in total. The molecule has 1 heterocycles. The molecule has 1 amide bonds. The molecule has 2 aromatic carbocycles. The van der Waals surface area contributed by atoms with Crippen LogP contribution in [0.5, 0.6) is 5.75 Å². The van der Waals surface area contributed by atoms with Crippen LogP contribution < -0.4 is 9.64 Å². The zero-order chi connectivity index (χ0) is 15.0. The lowest BCUT2D eigenvalue weighted by atomic mass is 9.78. The smallest absolute Gasteiger partial charge is 0.223 e. The summed E-state index contributed by atoms with van der Waals surface area (Å²) in [5.41, 5.74) is 3.22.